The molecule has 1 aliphatic rings. The van der Waals surface area contributed by atoms with Gasteiger partial charge in [0.05, 0.1) is 4.34 Å². The van der Waals surface area contributed by atoms with E-state index in [1.807, 2.05) is 4.72 Å². The summed E-state index contributed by atoms with van der Waals surface area (Å²) in [4.78, 5) is 25.6. The molecule has 132 valence electrons. The van der Waals surface area contributed by atoms with Crippen LogP contribution in [0.25, 0.3) is 0 Å². The second kappa shape index (κ2) is 6.66. The van der Waals surface area contributed by atoms with E-state index in [0.29, 0.717) is 28.7 Å². The minimum absolute atomic E-state index is 0.0343. The number of hydrogen-bond donors (Lipinski definition) is 2. The smallest absolute Gasteiger partial charge is 0.322 e. The van der Waals surface area contributed by atoms with Crippen molar-refractivity contribution in [2.75, 3.05) is 18.0 Å². The van der Waals surface area contributed by atoms with Crippen LogP contribution in [0.5, 0.6) is 0 Å². The molecule has 10 heteroatoms. The predicted molar refractivity (Wildman–Crippen MR) is 95.9 cm³/mol. The molecule has 1 aliphatic heterocycles. The molecule has 1 aromatic heterocycles. The van der Waals surface area contributed by atoms with Gasteiger partial charge < -0.3 is 5.32 Å². The molecule has 1 aromatic carbocycles. The van der Waals surface area contributed by atoms with E-state index in [1.165, 1.54) is 18.2 Å². The Labute approximate surface area is 153 Å². The number of urea groups is 1. The van der Waals surface area contributed by atoms with Gasteiger partial charge in [0.15, 0.2) is 0 Å². The molecular formula is C15H14ClN3O4S2. The molecule has 1 fully saturated rings. The molecule has 3 amide bonds. The van der Waals surface area contributed by atoms with E-state index in [0.717, 1.165) is 11.3 Å². The van der Waals surface area contributed by atoms with E-state index in [1.54, 1.807) is 24.0 Å². The van der Waals surface area contributed by atoms with Crippen molar-refractivity contribution in [1.29, 1.82) is 0 Å². The Morgan fingerprint density at radius 2 is 2.08 bits per heavy atom. The third-order valence-electron chi connectivity index (χ3n) is 3.65. The minimum Gasteiger partial charge on any atom is -0.336 e. The fourth-order valence-electron chi connectivity index (χ4n) is 2.47. The number of rotatable bonds is 4. The summed E-state index contributed by atoms with van der Waals surface area (Å²) in [7, 11) is -3.97. The number of nitrogens with one attached hydrogen (secondary N) is 2. The first-order valence-electron chi connectivity index (χ1n) is 7.26. The lowest BCUT2D eigenvalue weighted by atomic mass is 10.1. The SMILES string of the molecule is Cc1cc(C(=O)NS(=O)(=O)c2ccc(Cl)s2)ccc1N1CCNC1=O. The van der Waals surface area contributed by atoms with Crippen molar-refractivity contribution < 1.29 is 18.0 Å². The van der Waals surface area contributed by atoms with Gasteiger partial charge in [0.1, 0.15) is 4.21 Å². The number of carbonyl (C=O) groups excluding carboxylic acids is 2. The number of benzene rings is 1. The van der Waals surface area contributed by atoms with Crippen LogP contribution in [0.4, 0.5) is 10.5 Å². The molecule has 2 aromatic rings. The highest BCUT2D eigenvalue weighted by molar-refractivity contribution is 7.92. The summed E-state index contributed by atoms with van der Waals surface area (Å²) in [6.07, 6.45) is 0. The molecule has 25 heavy (non-hydrogen) atoms. The van der Waals surface area contributed by atoms with E-state index in [4.69, 9.17) is 11.6 Å². The Bertz CT molecular complexity index is 955. The maximum atomic E-state index is 12.3. The summed E-state index contributed by atoms with van der Waals surface area (Å²) in [5, 5.41) is 2.70. The van der Waals surface area contributed by atoms with Gasteiger partial charge in [-0.2, -0.15) is 0 Å². The second-order valence-electron chi connectivity index (χ2n) is 5.38. The zero-order chi connectivity index (χ0) is 18.2. The van der Waals surface area contributed by atoms with E-state index in [2.05, 4.69) is 5.32 Å². The highest BCUT2D eigenvalue weighted by atomic mass is 35.5. The summed E-state index contributed by atoms with van der Waals surface area (Å²) < 4.78 is 26.7. The predicted octanol–water partition coefficient (Wildman–Crippen LogP) is 2.36. The van der Waals surface area contributed by atoms with Crippen LogP contribution < -0.4 is 14.9 Å². The molecule has 7 nitrogen and oxygen atoms in total. The van der Waals surface area contributed by atoms with Gasteiger partial charge in [0.2, 0.25) is 0 Å². The summed E-state index contributed by atoms with van der Waals surface area (Å²) >= 11 is 6.60. The lowest BCUT2D eigenvalue weighted by Crippen LogP contribution is -2.31. The molecule has 1 saturated heterocycles. The molecule has 3 rings (SSSR count). The summed E-state index contributed by atoms with van der Waals surface area (Å²) in [6, 6.07) is 7.25. The topological polar surface area (TPSA) is 95.6 Å². The maximum Gasteiger partial charge on any atom is 0.322 e. The summed E-state index contributed by atoms with van der Waals surface area (Å²) in [5.74, 6) is -0.745. The Hall–Kier alpha value is -2.10. The van der Waals surface area contributed by atoms with Crippen LogP contribution in [0, 0.1) is 6.92 Å². The molecule has 0 saturated carbocycles. The Morgan fingerprint density at radius 3 is 2.64 bits per heavy atom. The average Bonchev–Trinajstić information content (AvgIpc) is 3.16. The molecule has 0 bridgehead atoms. The quantitative estimate of drug-likeness (QED) is 0.824. The monoisotopic (exact) mass is 399 g/mol. The third kappa shape index (κ3) is 3.63. The Balaban J connectivity index is 1.81. The third-order valence-corrected chi connectivity index (χ3v) is 6.70. The van der Waals surface area contributed by atoms with Crippen LogP contribution in [0.3, 0.4) is 0 Å². The van der Waals surface area contributed by atoms with Crippen LogP contribution in [-0.4, -0.2) is 33.4 Å². The van der Waals surface area contributed by atoms with Crippen LogP contribution in [0.1, 0.15) is 15.9 Å². The van der Waals surface area contributed by atoms with E-state index >= 15 is 0 Å². The molecule has 0 spiro atoms. The number of nitrogens with zero attached hydrogens (tertiary/aromatic N) is 1. The highest BCUT2D eigenvalue weighted by Gasteiger charge is 2.24. The Kier molecular flexibility index (Phi) is 4.72. The molecule has 0 aliphatic carbocycles. The number of anilines is 1. The fraction of sp³-hybridized carbons (Fsp3) is 0.200. The van der Waals surface area contributed by atoms with Gasteiger partial charge >= 0.3 is 6.03 Å². The first-order valence-corrected chi connectivity index (χ1v) is 9.94. The van der Waals surface area contributed by atoms with Crippen molar-refractivity contribution >= 4 is 50.6 Å². The first-order chi connectivity index (χ1) is 11.8. The van der Waals surface area contributed by atoms with Crippen molar-refractivity contribution in [2.24, 2.45) is 0 Å². The van der Waals surface area contributed by atoms with Crippen molar-refractivity contribution in [1.82, 2.24) is 10.0 Å². The largest absolute Gasteiger partial charge is 0.336 e. The highest BCUT2D eigenvalue weighted by Crippen LogP contribution is 2.26. The van der Waals surface area contributed by atoms with E-state index < -0.39 is 15.9 Å². The number of halogens is 1. The van der Waals surface area contributed by atoms with Gasteiger partial charge in [0, 0.05) is 24.3 Å². The average molecular weight is 400 g/mol. The molecule has 2 heterocycles. The normalized spacial score (nSPS) is 14.5. The second-order valence-corrected chi connectivity index (χ2v) is 9.00. The van der Waals surface area contributed by atoms with Gasteiger partial charge in [-0.05, 0) is 42.8 Å². The summed E-state index contributed by atoms with van der Waals surface area (Å²) in [5.41, 5.74) is 1.56. The standard InChI is InChI=1S/C15H14ClN3O4S2/c1-9-8-10(2-3-11(9)19-7-6-17-15(19)21)14(20)18-25(22,23)13-5-4-12(16)24-13/h2-5,8H,6-7H2,1H3,(H,17,21)(H,18,20). The number of sulfonamides is 1. The van der Waals surface area contributed by atoms with Gasteiger partial charge in [-0.1, -0.05) is 11.6 Å². The van der Waals surface area contributed by atoms with Crippen LogP contribution in [-0.2, 0) is 10.0 Å². The zero-order valence-electron chi connectivity index (χ0n) is 13.1. The van der Waals surface area contributed by atoms with Gasteiger partial charge in [-0.15, -0.1) is 11.3 Å². The van der Waals surface area contributed by atoms with Gasteiger partial charge in [-0.3, -0.25) is 9.69 Å². The number of hydrogen-bond acceptors (Lipinski definition) is 5. The zero-order valence-corrected chi connectivity index (χ0v) is 15.5. The first kappa shape index (κ1) is 17.7. The Morgan fingerprint density at radius 1 is 1.32 bits per heavy atom. The van der Waals surface area contributed by atoms with Crippen molar-refractivity contribution in [3.63, 3.8) is 0 Å². The molecule has 2 N–H and O–H groups in total. The minimum atomic E-state index is -3.97. The van der Waals surface area contributed by atoms with Gasteiger partial charge in [0.25, 0.3) is 15.9 Å². The van der Waals surface area contributed by atoms with Crippen LogP contribution in [0.2, 0.25) is 4.34 Å². The van der Waals surface area contributed by atoms with Crippen LogP contribution in [0.15, 0.2) is 34.5 Å². The molecule has 0 radical (unpaired) electrons. The van der Waals surface area contributed by atoms with Crippen molar-refractivity contribution in [2.45, 2.75) is 11.1 Å². The maximum absolute atomic E-state index is 12.3. The lowest BCUT2D eigenvalue weighted by Gasteiger charge is -2.17. The van der Waals surface area contributed by atoms with Crippen molar-refractivity contribution in [3.05, 3.63) is 45.8 Å². The van der Waals surface area contributed by atoms with E-state index in [-0.39, 0.29) is 15.8 Å². The number of amides is 3. The van der Waals surface area contributed by atoms with Gasteiger partial charge in [-0.25, -0.2) is 17.9 Å². The number of aryl methyl sites for hydroxylation is 1. The summed E-state index contributed by atoms with van der Waals surface area (Å²) in [6.45, 7) is 2.85. The molecule has 0 unspecified atom stereocenters. The van der Waals surface area contributed by atoms with Crippen molar-refractivity contribution in [3.8, 4) is 0 Å². The molecule has 0 atom stereocenters. The number of thiophene rings is 1. The lowest BCUT2D eigenvalue weighted by molar-refractivity contribution is 0.0981. The van der Waals surface area contributed by atoms with Crippen LogP contribution >= 0.6 is 22.9 Å². The number of carbonyl (C=O) groups is 2. The molecular weight excluding hydrogens is 386 g/mol. The fourth-order valence-corrected chi connectivity index (χ4v) is 4.93. The van der Waals surface area contributed by atoms with E-state index in [9.17, 15) is 18.0 Å².